The van der Waals surface area contributed by atoms with Gasteiger partial charge in [0.15, 0.2) is 0 Å². The van der Waals surface area contributed by atoms with E-state index in [1.165, 1.54) is 5.56 Å². The van der Waals surface area contributed by atoms with E-state index in [-0.39, 0.29) is 0 Å². The van der Waals surface area contributed by atoms with Crippen LogP contribution in [-0.2, 0) is 6.42 Å². The van der Waals surface area contributed by atoms with Gasteiger partial charge in [0.2, 0.25) is 5.95 Å². The lowest BCUT2D eigenvalue weighted by Crippen LogP contribution is -2.12. The summed E-state index contributed by atoms with van der Waals surface area (Å²) in [6.45, 7) is 0.797. The summed E-state index contributed by atoms with van der Waals surface area (Å²) in [4.78, 5) is 12.1. The standard InChI is InChI=1S/C11H14N6/c12-17-11-15-8-4-10(16-11)14-7-3-9-1-5-13-6-2-9/h1-2,4-6,8H,3,7,12H2,(H2,14,15,16,17). The fourth-order valence-electron chi connectivity index (χ4n) is 1.41. The van der Waals surface area contributed by atoms with Crippen molar-refractivity contribution >= 4 is 11.8 Å². The zero-order valence-electron chi connectivity index (χ0n) is 9.30. The third-order valence-corrected chi connectivity index (χ3v) is 2.25. The Morgan fingerprint density at radius 3 is 2.71 bits per heavy atom. The summed E-state index contributed by atoms with van der Waals surface area (Å²) in [6.07, 6.45) is 6.14. The van der Waals surface area contributed by atoms with E-state index < -0.39 is 0 Å². The highest BCUT2D eigenvalue weighted by Gasteiger charge is 1.97. The van der Waals surface area contributed by atoms with Gasteiger partial charge in [0.05, 0.1) is 0 Å². The summed E-state index contributed by atoms with van der Waals surface area (Å²) in [5.41, 5.74) is 3.64. The topological polar surface area (TPSA) is 88.8 Å². The number of hydrogen-bond donors (Lipinski definition) is 3. The van der Waals surface area contributed by atoms with Crippen LogP contribution in [0.5, 0.6) is 0 Å². The van der Waals surface area contributed by atoms with E-state index in [0.717, 1.165) is 18.8 Å². The number of nitrogens with zero attached hydrogens (tertiary/aromatic N) is 3. The molecule has 2 aromatic heterocycles. The molecule has 0 radical (unpaired) electrons. The molecule has 4 N–H and O–H groups in total. The fraction of sp³-hybridized carbons (Fsp3) is 0.182. The SMILES string of the molecule is NNc1nccc(NCCc2ccncc2)n1. The molecule has 0 saturated heterocycles. The largest absolute Gasteiger partial charge is 0.370 e. The molecule has 0 aliphatic carbocycles. The van der Waals surface area contributed by atoms with E-state index in [9.17, 15) is 0 Å². The Hall–Kier alpha value is -2.21. The van der Waals surface area contributed by atoms with Crippen LogP contribution in [0.3, 0.4) is 0 Å². The predicted molar refractivity (Wildman–Crippen MR) is 66.3 cm³/mol. The van der Waals surface area contributed by atoms with E-state index >= 15 is 0 Å². The molecule has 0 fully saturated rings. The van der Waals surface area contributed by atoms with Crippen molar-refractivity contribution in [2.75, 3.05) is 17.3 Å². The molecule has 0 aliphatic rings. The Balaban J connectivity index is 1.86. The van der Waals surface area contributed by atoms with Crippen LogP contribution in [0.4, 0.5) is 11.8 Å². The minimum atomic E-state index is 0.402. The lowest BCUT2D eigenvalue weighted by molar-refractivity contribution is 0.992. The molecule has 2 heterocycles. The Bertz CT molecular complexity index is 459. The van der Waals surface area contributed by atoms with Crippen molar-refractivity contribution in [3.63, 3.8) is 0 Å². The van der Waals surface area contributed by atoms with E-state index in [0.29, 0.717) is 5.95 Å². The van der Waals surface area contributed by atoms with Gasteiger partial charge in [-0.05, 0) is 30.2 Å². The van der Waals surface area contributed by atoms with Crippen molar-refractivity contribution < 1.29 is 0 Å². The molecule has 0 spiro atoms. The highest BCUT2D eigenvalue weighted by atomic mass is 15.3. The van der Waals surface area contributed by atoms with Gasteiger partial charge in [-0.2, -0.15) is 4.98 Å². The van der Waals surface area contributed by atoms with Crippen molar-refractivity contribution in [2.45, 2.75) is 6.42 Å². The fourth-order valence-corrected chi connectivity index (χ4v) is 1.41. The molecule has 2 rings (SSSR count). The molecular weight excluding hydrogens is 216 g/mol. The van der Waals surface area contributed by atoms with Crippen LogP contribution < -0.4 is 16.6 Å². The van der Waals surface area contributed by atoms with Crippen LogP contribution in [0.15, 0.2) is 36.8 Å². The number of nitrogens with one attached hydrogen (secondary N) is 2. The van der Waals surface area contributed by atoms with Crippen molar-refractivity contribution in [3.8, 4) is 0 Å². The first kappa shape index (κ1) is 11.3. The molecule has 6 nitrogen and oxygen atoms in total. The summed E-state index contributed by atoms with van der Waals surface area (Å²) in [7, 11) is 0. The molecule has 17 heavy (non-hydrogen) atoms. The first-order valence-corrected chi connectivity index (χ1v) is 5.31. The highest BCUT2D eigenvalue weighted by Crippen LogP contribution is 2.05. The second-order valence-corrected chi connectivity index (χ2v) is 3.44. The molecule has 0 bridgehead atoms. The molecular formula is C11H14N6. The quantitative estimate of drug-likeness (QED) is 0.520. The summed E-state index contributed by atoms with van der Waals surface area (Å²) in [5.74, 6) is 6.38. The lowest BCUT2D eigenvalue weighted by atomic mass is 10.2. The van der Waals surface area contributed by atoms with E-state index in [1.54, 1.807) is 24.7 Å². The van der Waals surface area contributed by atoms with Gasteiger partial charge in [-0.3, -0.25) is 10.4 Å². The maximum Gasteiger partial charge on any atom is 0.239 e. The Morgan fingerprint density at radius 1 is 1.12 bits per heavy atom. The Kier molecular flexibility index (Phi) is 3.82. The van der Waals surface area contributed by atoms with Gasteiger partial charge < -0.3 is 5.32 Å². The van der Waals surface area contributed by atoms with Crippen LogP contribution >= 0.6 is 0 Å². The van der Waals surface area contributed by atoms with Crippen LogP contribution in [0, 0.1) is 0 Å². The number of rotatable bonds is 5. The first-order valence-electron chi connectivity index (χ1n) is 5.31. The Labute approximate surface area is 99.3 Å². The summed E-state index contributed by atoms with van der Waals surface area (Å²) >= 11 is 0. The predicted octanol–water partition coefficient (Wildman–Crippen LogP) is 0.812. The maximum atomic E-state index is 5.23. The number of nitrogen functional groups attached to an aromatic ring is 1. The molecule has 0 amide bonds. The smallest absolute Gasteiger partial charge is 0.239 e. The van der Waals surface area contributed by atoms with Gasteiger partial charge in [-0.15, -0.1) is 0 Å². The summed E-state index contributed by atoms with van der Waals surface area (Å²) in [5, 5.41) is 3.20. The zero-order chi connectivity index (χ0) is 11.9. The average molecular weight is 230 g/mol. The van der Waals surface area contributed by atoms with Gasteiger partial charge in [0.25, 0.3) is 0 Å². The number of anilines is 2. The molecule has 0 saturated carbocycles. The third-order valence-electron chi connectivity index (χ3n) is 2.25. The van der Waals surface area contributed by atoms with Gasteiger partial charge in [-0.1, -0.05) is 0 Å². The molecule has 0 aliphatic heterocycles. The van der Waals surface area contributed by atoms with Gasteiger partial charge in [-0.25, -0.2) is 10.8 Å². The first-order chi connectivity index (χ1) is 8.38. The van der Waals surface area contributed by atoms with Crippen LogP contribution in [0.2, 0.25) is 0 Å². The lowest BCUT2D eigenvalue weighted by Gasteiger charge is -2.06. The van der Waals surface area contributed by atoms with Gasteiger partial charge in [0.1, 0.15) is 5.82 Å². The average Bonchev–Trinajstić information content (AvgIpc) is 2.40. The summed E-state index contributed by atoms with van der Waals surface area (Å²) < 4.78 is 0. The van der Waals surface area contributed by atoms with Crippen LogP contribution in [-0.4, -0.2) is 21.5 Å². The van der Waals surface area contributed by atoms with Gasteiger partial charge >= 0.3 is 0 Å². The molecule has 6 heteroatoms. The second kappa shape index (κ2) is 5.76. The Morgan fingerprint density at radius 2 is 1.94 bits per heavy atom. The molecule has 2 aromatic rings. The summed E-state index contributed by atoms with van der Waals surface area (Å²) in [6, 6.07) is 5.79. The van der Waals surface area contributed by atoms with Crippen molar-refractivity contribution in [3.05, 3.63) is 42.4 Å². The van der Waals surface area contributed by atoms with Crippen LogP contribution in [0.25, 0.3) is 0 Å². The van der Waals surface area contributed by atoms with E-state index in [1.807, 2.05) is 12.1 Å². The third kappa shape index (κ3) is 3.39. The monoisotopic (exact) mass is 230 g/mol. The molecule has 88 valence electrons. The minimum Gasteiger partial charge on any atom is -0.370 e. The minimum absolute atomic E-state index is 0.402. The van der Waals surface area contributed by atoms with Gasteiger partial charge in [0, 0.05) is 25.1 Å². The second-order valence-electron chi connectivity index (χ2n) is 3.44. The number of hydrazine groups is 1. The van der Waals surface area contributed by atoms with E-state index in [4.69, 9.17) is 5.84 Å². The number of aromatic nitrogens is 3. The number of pyridine rings is 1. The molecule has 0 atom stereocenters. The van der Waals surface area contributed by atoms with Crippen molar-refractivity contribution in [2.24, 2.45) is 5.84 Å². The van der Waals surface area contributed by atoms with Crippen molar-refractivity contribution in [1.29, 1.82) is 0 Å². The van der Waals surface area contributed by atoms with Crippen LogP contribution in [0.1, 0.15) is 5.56 Å². The van der Waals surface area contributed by atoms with Crippen molar-refractivity contribution in [1.82, 2.24) is 15.0 Å². The number of nitrogens with two attached hydrogens (primary N) is 1. The normalized spacial score (nSPS) is 9.94. The number of hydrogen-bond acceptors (Lipinski definition) is 6. The zero-order valence-corrected chi connectivity index (χ0v) is 9.30. The van der Waals surface area contributed by atoms with E-state index in [2.05, 4.69) is 25.7 Å². The maximum absolute atomic E-state index is 5.23. The molecule has 0 aromatic carbocycles. The highest BCUT2D eigenvalue weighted by molar-refractivity contribution is 5.38. The molecule has 0 unspecified atom stereocenters.